The fraction of sp³-hybridized carbons (Fsp3) is 0.381. The molecule has 0 fully saturated rings. The van der Waals surface area contributed by atoms with Gasteiger partial charge in [-0.2, -0.15) is 0 Å². The van der Waals surface area contributed by atoms with Crippen LogP contribution in [-0.2, 0) is 11.3 Å². The molecule has 0 aliphatic rings. The van der Waals surface area contributed by atoms with Crippen molar-refractivity contribution >= 4 is 11.6 Å². The zero-order valence-corrected chi connectivity index (χ0v) is 15.1. The van der Waals surface area contributed by atoms with Crippen molar-refractivity contribution in [3.63, 3.8) is 0 Å². The molecule has 0 spiro atoms. The van der Waals surface area contributed by atoms with Gasteiger partial charge >= 0.3 is 0 Å². The second-order valence-corrected chi connectivity index (χ2v) is 6.90. The molecule has 24 heavy (non-hydrogen) atoms. The van der Waals surface area contributed by atoms with Gasteiger partial charge in [0.25, 0.3) is 0 Å². The number of para-hydroxylation sites is 1. The van der Waals surface area contributed by atoms with Crippen molar-refractivity contribution in [2.45, 2.75) is 46.1 Å². The lowest BCUT2D eigenvalue weighted by Crippen LogP contribution is -2.35. The Bertz CT molecular complexity index is 651. The maximum absolute atomic E-state index is 11.7. The van der Waals surface area contributed by atoms with Gasteiger partial charge in [-0.3, -0.25) is 4.79 Å². The van der Waals surface area contributed by atoms with E-state index in [-0.39, 0.29) is 12.5 Å². The average Bonchev–Trinajstić information content (AvgIpc) is 2.54. The zero-order valence-electron chi connectivity index (χ0n) is 15.1. The van der Waals surface area contributed by atoms with Crippen LogP contribution in [0, 0.1) is 0 Å². The molecule has 0 heterocycles. The molecule has 2 rings (SSSR count). The van der Waals surface area contributed by atoms with Crippen LogP contribution in [0.25, 0.3) is 0 Å². The van der Waals surface area contributed by atoms with Crippen LogP contribution >= 0.6 is 0 Å². The van der Waals surface area contributed by atoms with Crippen molar-refractivity contribution in [3.8, 4) is 0 Å². The third-order valence-corrected chi connectivity index (χ3v) is 4.22. The summed E-state index contributed by atoms with van der Waals surface area (Å²) in [4.78, 5) is 13.8. The summed E-state index contributed by atoms with van der Waals surface area (Å²) in [6.07, 6.45) is 0. The van der Waals surface area contributed by atoms with Crippen molar-refractivity contribution in [2.24, 2.45) is 5.73 Å². The van der Waals surface area contributed by atoms with Crippen LogP contribution in [0.5, 0.6) is 0 Å². The lowest BCUT2D eigenvalue weighted by atomic mass is 9.91. The van der Waals surface area contributed by atoms with Crippen molar-refractivity contribution < 1.29 is 4.79 Å². The summed E-state index contributed by atoms with van der Waals surface area (Å²) in [5.41, 5.74) is 10.4. The fourth-order valence-electron chi connectivity index (χ4n) is 3.08. The monoisotopic (exact) mass is 324 g/mol. The second-order valence-electron chi connectivity index (χ2n) is 6.90. The molecule has 0 bridgehead atoms. The second kappa shape index (κ2) is 8.00. The van der Waals surface area contributed by atoms with Gasteiger partial charge in [-0.15, -0.1) is 0 Å². The number of amides is 1. The third kappa shape index (κ3) is 4.38. The van der Waals surface area contributed by atoms with E-state index >= 15 is 0 Å². The summed E-state index contributed by atoms with van der Waals surface area (Å²) in [5, 5.41) is 0. The molecule has 1 amide bonds. The molecule has 0 aliphatic carbocycles. The Morgan fingerprint density at radius 1 is 0.917 bits per heavy atom. The van der Waals surface area contributed by atoms with Gasteiger partial charge in [0.15, 0.2) is 0 Å². The van der Waals surface area contributed by atoms with Crippen LogP contribution in [0.1, 0.15) is 56.2 Å². The van der Waals surface area contributed by atoms with Crippen molar-refractivity contribution in [3.05, 3.63) is 65.2 Å². The molecule has 3 nitrogen and oxygen atoms in total. The Hall–Kier alpha value is -2.29. The lowest BCUT2D eigenvalue weighted by Gasteiger charge is -2.31. The topological polar surface area (TPSA) is 46.3 Å². The average molecular weight is 324 g/mol. The van der Waals surface area contributed by atoms with Gasteiger partial charge in [0.1, 0.15) is 0 Å². The Kier molecular flexibility index (Phi) is 6.02. The highest BCUT2D eigenvalue weighted by molar-refractivity contribution is 5.80. The summed E-state index contributed by atoms with van der Waals surface area (Å²) < 4.78 is 0. The van der Waals surface area contributed by atoms with Crippen LogP contribution in [0.3, 0.4) is 0 Å². The van der Waals surface area contributed by atoms with Gasteiger partial charge < -0.3 is 10.6 Å². The Morgan fingerprint density at radius 3 is 1.92 bits per heavy atom. The number of carbonyl (C=O) groups is 1. The third-order valence-electron chi connectivity index (χ3n) is 4.22. The fourth-order valence-corrected chi connectivity index (χ4v) is 3.08. The van der Waals surface area contributed by atoms with Crippen molar-refractivity contribution in [2.75, 3.05) is 11.4 Å². The minimum absolute atomic E-state index is 0.221. The number of hydrogen-bond donors (Lipinski definition) is 1. The Morgan fingerprint density at radius 2 is 1.46 bits per heavy atom. The van der Waals surface area contributed by atoms with E-state index in [0.29, 0.717) is 18.4 Å². The summed E-state index contributed by atoms with van der Waals surface area (Å²) in [6.45, 7) is 9.65. The summed E-state index contributed by atoms with van der Waals surface area (Å²) in [5.74, 6) is 0.453. The maximum atomic E-state index is 11.7. The number of hydrogen-bond acceptors (Lipinski definition) is 2. The minimum atomic E-state index is -0.306. The highest BCUT2D eigenvalue weighted by Crippen LogP contribution is 2.36. The largest absolute Gasteiger partial charge is 0.368 e. The molecular formula is C21H28N2O. The molecule has 0 radical (unpaired) electrons. The molecule has 0 aromatic heterocycles. The van der Waals surface area contributed by atoms with E-state index in [1.807, 2.05) is 18.2 Å². The number of carbonyl (C=O) groups excluding carboxylic acids is 1. The van der Waals surface area contributed by atoms with E-state index in [4.69, 9.17) is 5.73 Å². The Balaban J connectivity index is 2.53. The number of nitrogens with two attached hydrogens (primary N) is 1. The number of anilines is 1. The van der Waals surface area contributed by atoms with Gasteiger partial charge in [0.05, 0.1) is 6.54 Å². The first-order valence-electron chi connectivity index (χ1n) is 8.60. The van der Waals surface area contributed by atoms with Crippen molar-refractivity contribution in [1.82, 2.24) is 0 Å². The van der Waals surface area contributed by atoms with Gasteiger partial charge in [0, 0.05) is 12.2 Å². The molecule has 2 aromatic carbocycles. The summed E-state index contributed by atoms with van der Waals surface area (Å²) >= 11 is 0. The van der Waals surface area contributed by atoms with E-state index < -0.39 is 0 Å². The first kappa shape index (κ1) is 18.1. The van der Waals surface area contributed by atoms with Crippen LogP contribution in [0.15, 0.2) is 48.5 Å². The van der Waals surface area contributed by atoms with E-state index in [0.717, 1.165) is 5.69 Å². The van der Waals surface area contributed by atoms with Crippen LogP contribution < -0.4 is 10.6 Å². The molecule has 0 atom stereocenters. The quantitative estimate of drug-likeness (QED) is 0.819. The van der Waals surface area contributed by atoms with Gasteiger partial charge in [-0.25, -0.2) is 0 Å². The normalized spacial score (nSPS) is 11.1. The van der Waals surface area contributed by atoms with E-state index in [1.54, 1.807) is 0 Å². The molecule has 0 unspecified atom stereocenters. The number of nitrogens with zero attached hydrogens (tertiary/aromatic N) is 1. The number of primary amides is 1. The molecule has 0 aliphatic heterocycles. The summed E-state index contributed by atoms with van der Waals surface area (Å²) in [6, 6.07) is 16.6. The smallest absolute Gasteiger partial charge is 0.236 e. The van der Waals surface area contributed by atoms with E-state index in [2.05, 4.69) is 62.9 Å². The molecule has 0 saturated carbocycles. The van der Waals surface area contributed by atoms with Crippen LogP contribution in [-0.4, -0.2) is 12.5 Å². The number of rotatable bonds is 7. The molecule has 2 N–H and O–H groups in total. The highest BCUT2D eigenvalue weighted by atomic mass is 16.1. The molecular weight excluding hydrogens is 296 g/mol. The molecule has 2 aromatic rings. The molecule has 3 heteroatoms. The predicted molar refractivity (Wildman–Crippen MR) is 101 cm³/mol. The maximum Gasteiger partial charge on any atom is 0.236 e. The SMILES string of the molecule is CC(C)c1cccc(C(C)C)c1N(CC(N)=O)Cc1ccccc1. The van der Waals surface area contributed by atoms with Crippen LogP contribution in [0.4, 0.5) is 5.69 Å². The standard InChI is InChI=1S/C21H28N2O/c1-15(2)18-11-8-12-19(16(3)4)21(18)23(14-20(22)24)13-17-9-6-5-7-10-17/h5-12,15-16H,13-14H2,1-4H3,(H2,22,24). The van der Waals surface area contributed by atoms with Gasteiger partial charge in [-0.05, 0) is 28.5 Å². The van der Waals surface area contributed by atoms with Gasteiger partial charge in [-0.1, -0.05) is 76.2 Å². The lowest BCUT2D eigenvalue weighted by molar-refractivity contribution is -0.116. The first-order valence-corrected chi connectivity index (χ1v) is 8.60. The van der Waals surface area contributed by atoms with E-state index in [9.17, 15) is 4.79 Å². The van der Waals surface area contributed by atoms with Crippen molar-refractivity contribution in [1.29, 1.82) is 0 Å². The van der Waals surface area contributed by atoms with Gasteiger partial charge in [0.2, 0.25) is 5.91 Å². The van der Waals surface area contributed by atoms with E-state index in [1.165, 1.54) is 16.7 Å². The molecule has 0 saturated heterocycles. The molecule has 128 valence electrons. The number of benzene rings is 2. The highest BCUT2D eigenvalue weighted by Gasteiger charge is 2.20. The Labute approximate surface area is 145 Å². The zero-order chi connectivity index (χ0) is 17.7. The predicted octanol–water partition coefficient (Wildman–Crippen LogP) is 4.43. The first-order chi connectivity index (χ1) is 11.4. The van der Waals surface area contributed by atoms with Crippen LogP contribution in [0.2, 0.25) is 0 Å². The minimum Gasteiger partial charge on any atom is -0.368 e. The summed E-state index contributed by atoms with van der Waals surface area (Å²) in [7, 11) is 0.